The van der Waals surface area contributed by atoms with Crippen molar-refractivity contribution in [3.05, 3.63) is 65.2 Å². The van der Waals surface area contributed by atoms with Gasteiger partial charge in [0.15, 0.2) is 0 Å². The second kappa shape index (κ2) is 5.01. The zero-order chi connectivity index (χ0) is 15.0. The number of rotatable bonds is 3. The SMILES string of the molecule is CNC(c1ccccc1)c1ccc2c(c1)C(C)(C)C(=O)N2. The first-order chi connectivity index (χ1) is 10.0. The van der Waals surface area contributed by atoms with Crippen LogP contribution in [0.1, 0.15) is 36.6 Å². The van der Waals surface area contributed by atoms with Gasteiger partial charge in [-0.1, -0.05) is 42.5 Å². The van der Waals surface area contributed by atoms with E-state index in [-0.39, 0.29) is 11.9 Å². The van der Waals surface area contributed by atoms with Crippen LogP contribution in [0.25, 0.3) is 0 Å². The molecule has 1 unspecified atom stereocenters. The molecule has 1 aliphatic rings. The third kappa shape index (κ3) is 2.24. The van der Waals surface area contributed by atoms with E-state index in [4.69, 9.17) is 0 Å². The smallest absolute Gasteiger partial charge is 0.234 e. The molecule has 0 saturated carbocycles. The van der Waals surface area contributed by atoms with E-state index in [9.17, 15) is 4.79 Å². The van der Waals surface area contributed by atoms with E-state index < -0.39 is 5.41 Å². The second-order valence-electron chi connectivity index (χ2n) is 6.02. The fourth-order valence-electron chi connectivity index (χ4n) is 2.94. The van der Waals surface area contributed by atoms with Gasteiger partial charge in [-0.25, -0.2) is 0 Å². The predicted octanol–water partition coefficient (Wildman–Crippen LogP) is 3.23. The van der Waals surface area contributed by atoms with E-state index in [1.165, 1.54) is 11.1 Å². The van der Waals surface area contributed by atoms with E-state index in [0.717, 1.165) is 11.3 Å². The Balaban J connectivity index is 2.05. The molecule has 2 aromatic rings. The molecule has 108 valence electrons. The van der Waals surface area contributed by atoms with Crippen LogP contribution in [0.2, 0.25) is 0 Å². The molecule has 1 amide bonds. The summed E-state index contributed by atoms with van der Waals surface area (Å²) in [7, 11) is 1.96. The number of fused-ring (bicyclic) bond motifs is 1. The molecule has 0 radical (unpaired) electrons. The average Bonchev–Trinajstić information content (AvgIpc) is 2.72. The zero-order valence-electron chi connectivity index (χ0n) is 12.6. The van der Waals surface area contributed by atoms with Gasteiger partial charge >= 0.3 is 0 Å². The Kier molecular flexibility index (Phi) is 3.30. The highest BCUT2D eigenvalue weighted by molar-refractivity contribution is 6.05. The van der Waals surface area contributed by atoms with Crippen molar-refractivity contribution in [3.8, 4) is 0 Å². The lowest BCUT2D eigenvalue weighted by atomic mass is 9.84. The molecule has 1 atom stereocenters. The van der Waals surface area contributed by atoms with Gasteiger partial charge in [-0.15, -0.1) is 0 Å². The Morgan fingerprint density at radius 1 is 1.05 bits per heavy atom. The summed E-state index contributed by atoms with van der Waals surface area (Å²) in [6, 6.07) is 16.7. The standard InChI is InChI=1S/C18H20N2O/c1-18(2)14-11-13(9-10-15(14)20-17(18)21)16(19-3)12-7-5-4-6-8-12/h4-11,16,19H,1-3H3,(H,20,21). The van der Waals surface area contributed by atoms with Crippen LogP contribution in [-0.4, -0.2) is 13.0 Å². The van der Waals surface area contributed by atoms with Crippen LogP contribution in [0.4, 0.5) is 5.69 Å². The molecule has 0 fully saturated rings. The number of carbonyl (C=O) groups is 1. The van der Waals surface area contributed by atoms with Gasteiger partial charge in [0.25, 0.3) is 0 Å². The maximum absolute atomic E-state index is 12.0. The van der Waals surface area contributed by atoms with Gasteiger partial charge in [0.2, 0.25) is 5.91 Å². The topological polar surface area (TPSA) is 41.1 Å². The molecular formula is C18H20N2O. The van der Waals surface area contributed by atoms with Crippen molar-refractivity contribution in [2.45, 2.75) is 25.3 Å². The van der Waals surface area contributed by atoms with E-state index in [1.54, 1.807) is 0 Å². The Bertz CT molecular complexity index is 677. The molecular weight excluding hydrogens is 260 g/mol. The summed E-state index contributed by atoms with van der Waals surface area (Å²) in [5.41, 5.74) is 3.92. The number of carbonyl (C=O) groups excluding carboxylic acids is 1. The van der Waals surface area contributed by atoms with Crippen molar-refractivity contribution >= 4 is 11.6 Å². The van der Waals surface area contributed by atoms with Gasteiger partial charge in [0.1, 0.15) is 0 Å². The molecule has 21 heavy (non-hydrogen) atoms. The lowest BCUT2D eigenvalue weighted by Gasteiger charge is -2.20. The molecule has 2 N–H and O–H groups in total. The van der Waals surface area contributed by atoms with E-state index >= 15 is 0 Å². The normalized spacial score (nSPS) is 17.2. The highest BCUT2D eigenvalue weighted by atomic mass is 16.2. The van der Waals surface area contributed by atoms with Crippen molar-refractivity contribution in [1.82, 2.24) is 5.32 Å². The minimum atomic E-state index is -0.472. The van der Waals surface area contributed by atoms with E-state index in [1.807, 2.05) is 45.2 Å². The monoisotopic (exact) mass is 280 g/mol. The van der Waals surface area contributed by atoms with Gasteiger partial charge < -0.3 is 10.6 Å². The third-order valence-electron chi connectivity index (χ3n) is 4.29. The number of hydrogen-bond donors (Lipinski definition) is 2. The minimum Gasteiger partial charge on any atom is -0.325 e. The summed E-state index contributed by atoms with van der Waals surface area (Å²) in [6.07, 6.45) is 0. The molecule has 0 aromatic heterocycles. The van der Waals surface area contributed by atoms with Crippen LogP contribution in [0.15, 0.2) is 48.5 Å². The maximum Gasteiger partial charge on any atom is 0.234 e. The number of amides is 1. The molecule has 0 spiro atoms. The molecule has 3 heteroatoms. The summed E-state index contributed by atoms with van der Waals surface area (Å²) in [5.74, 6) is 0.0652. The van der Waals surface area contributed by atoms with Gasteiger partial charge in [0, 0.05) is 5.69 Å². The van der Waals surface area contributed by atoms with Crippen molar-refractivity contribution in [2.24, 2.45) is 0 Å². The average molecular weight is 280 g/mol. The fourth-order valence-corrected chi connectivity index (χ4v) is 2.94. The number of hydrogen-bond acceptors (Lipinski definition) is 2. The maximum atomic E-state index is 12.0. The quantitative estimate of drug-likeness (QED) is 0.906. The van der Waals surface area contributed by atoms with E-state index in [0.29, 0.717) is 0 Å². The molecule has 0 bridgehead atoms. The number of anilines is 1. The lowest BCUT2D eigenvalue weighted by molar-refractivity contribution is -0.119. The Morgan fingerprint density at radius 2 is 1.76 bits per heavy atom. The first-order valence-electron chi connectivity index (χ1n) is 7.22. The lowest BCUT2D eigenvalue weighted by Crippen LogP contribution is -2.27. The highest BCUT2D eigenvalue weighted by Crippen LogP contribution is 2.39. The van der Waals surface area contributed by atoms with Crippen LogP contribution in [0.3, 0.4) is 0 Å². The minimum absolute atomic E-state index is 0.0652. The Hall–Kier alpha value is -2.13. The van der Waals surface area contributed by atoms with Crippen molar-refractivity contribution in [2.75, 3.05) is 12.4 Å². The summed E-state index contributed by atoms with van der Waals surface area (Å²) in [5, 5.41) is 6.31. The molecule has 2 aromatic carbocycles. The van der Waals surface area contributed by atoms with Gasteiger partial charge in [0.05, 0.1) is 11.5 Å². The second-order valence-corrected chi connectivity index (χ2v) is 6.02. The summed E-state index contributed by atoms with van der Waals surface area (Å²) >= 11 is 0. The van der Waals surface area contributed by atoms with Crippen LogP contribution >= 0.6 is 0 Å². The molecule has 3 nitrogen and oxygen atoms in total. The zero-order valence-corrected chi connectivity index (χ0v) is 12.6. The summed E-state index contributed by atoms with van der Waals surface area (Å²) < 4.78 is 0. The van der Waals surface area contributed by atoms with Crippen molar-refractivity contribution < 1.29 is 4.79 Å². The van der Waals surface area contributed by atoms with E-state index in [2.05, 4.69) is 34.9 Å². The molecule has 1 aliphatic heterocycles. The molecule has 0 saturated heterocycles. The van der Waals surface area contributed by atoms with Crippen LogP contribution in [0.5, 0.6) is 0 Å². The highest BCUT2D eigenvalue weighted by Gasteiger charge is 2.38. The van der Waals surface area contributed by atoms with Crippen molar-refractivity contribution in [1.29, 1.82) is 0 Å². The molecule has 0 aliphatic carbocycles. The molecule has 1 heterocycles. The summed E-state index contributed by atoms with van der Waals surface area (Å²) in [6.45, 7) is 3.93. The number of nitrogens with one attached hydrogen (secondary N) is 2. The predicted molar refractivity (Wildman–Crippen MR) is 85.4 cm³/mol. The van der Waals surface area contributed by atoms with Crippen LogP contribution < -0.4 is 10.6 Å². The van der Waals surface area contributed by atoms with Gasteiger partial charge in [-0.05, 0) is 43.7 Å². The van der Waals surface area contributed by atoms with Crippen LogP contribution in [0, 0.1) is 0 Å². The number of benzene rings is 2. The van der Waals surface area contributed by atoms with Gasteiger partial charge in [-0.2, -0.15) is 0 Å². The first-order valence-corrected chi connectivity index (χ1v) is 7.22. The molecule has 3 rings (SSSR count). The van der Waals surface area contributed by atoms with Crippen molar-refractivity contribution in [3.63, 3.8) is 0 Å². The first kappa shape index (κ1) is 13.8. The largest absolute Gasteiger partial charge is 0.325 e. The van der Waals surface area contributed by atoms with Crippen LogP contribution in [-0.2, 0) is 10.2 Å². The summed E-state index contributed by atoms with van der Waals surface area (Å²) in [4.78, 5) is 12.0. The van der Waals surface area contributed by atoms with Gasteiger partial charge in [-0.3, -0.25) is 4.79 Å². The fraction of sp³-hybridized carbons (Fsp3) is 0.278. The third-order valence-corrected chi connectivity index (χ3v) is 4.29. The Morgan fingerprint density at radius 3 is 2.43 bits per heavy atom. The Labute approximate surface area is 125 Å².